The average Bonchev–Trinajstić information content (AvgIpc) is 2.97. The fraction of sp³-hybridized carbons (Fsp3) is 0.333. The van der Waals surface area contributed by atoms with E-state index in [0.717, 1.165) is 0 Å². The maximum Gasteiger partial charge on any atom is 0.335 e. The number of sulfonamides is 1. The summed E-state index contributed by atoms with van der Waals surface area (Å²) in [5.41, 5.74) is 0.403. The highest BCUT2D eigenvalue weighted by Crippen LogP contribution is 2.21. The molecule has 1 aromatic carbocycles. The zero-order chi connectivity index (χ0) is 17.1. The summed E-state index contributed by atoms with van der Waals surface area (Å²) in [4.78, 5) is 0. The number of nitrogens with zero attached hydrogens (tertiary/aromatic N) is 2. The van der Waals surface area contributed by atoms with E-state index in [1.807, 2.05) is 0 Å². The summed E-state index contributed by atoms with van der Waals surface area (Å²) >= 11 is 5.93. The fourth-order valence-electron chi connectivity index (χ4n) is 1.59. The van der Waals surface area contributed by atoms with Crippen LogP contribution in [0.1, 0.15) is 18.4 Å². The molecular formula is C12H14ClN3O5S2. The van der Waals surface area contributed by atoms with Gasteiger partial charge in [-0.1, -0.05) is 34.9 Å². The van der Waals surface area contributed by atoms with Crippen LogP contribution in [0.2, 0.25) is 5.02 Å². The van der Waals surface area contributed by atoms with Gasteiger partial charge in [0.05, 0.1) is 18.1 Å². The topological polar surface area (TPSA) is 119 Å². The molecular weight excluding hydrogens is 366 g/mol. The quantitative estimate of drug-likeness (QED) is 0.765. The van der Waals surface area contributed by atoms with Crippen LogP contribution in [0.15, 0.2) is 33.9 Å². The third kappa shape index (κ3) is 4.74. The Balaban J connectivity index is 2.14. The molecule has 0 amide bonds. The number of nitrogens with one attached hydrogen (secondary N) is 1. The van der Waals surface area contributed by atoms with Crippen molar-refractivity contribution in [2.24, 2.45) is 0 Å². The second kappa shape index (κ2) is 6.95. The standard InChI is InChI=1S/C12H14ClN3O5S2/c1-2-23(19,20)14-7-11-15-16-12(21-11)22(17,18)8-9-5-3-4-6-10(9)13/h3-6,14H,2,7-8H2,1H3. The highest BCUT2D eigenvalue weighted by molar-refractivity contribution is 7.90. The number of sulfone groups is 1. The maximum absolute atomic E-state index is 12.2. The zero-order valence-electron chi connectivity index (χ0n) is 12.1. The van der Waals surface area contributed by atoms with Crippen LogP contribution in [0.5, 0.6) is 0 Å². The van der Waals surface area contributed by atoms with Crippen molar-refractivity contribution in [2.75, 3.05) is 5.75 Å². The molecule has 0 spiro atoms. The molecule has 0 radical (unpaired) electrons. The Morgan fingerprint density at radius 2 is 1.87 bits per heavy atom. The van der Waals surface area contributed by atoms with Crippen LogP contribution in [0.3, 0.4) is 0 Å². The molecule has 0 fully saturated rings. The molecule has 0 bridgehead atoms. The van der Waals surface area contributed by atoms with Gasteiger partial charge >= 0.3 is 5.22 Å². The van der Waals surface area contributed by atoms with Crippen molar-refractivity contribution in [3.8, 4) is 0 Å². The third-order valence-electron chi connectivity index (χ3n) is 2.84. The molecule has 2 aromatic rings. The monoisotopic (exact) mass is 379 g/mol. The second-order valence-corrected chi connectivity index (χ2v) is 8.91. The smallest absolute Gasteiger partial charge is 0.335 e. The first-order valence-electron chi connectivity index (χ1n) is 6.49. The lowest BCUT2D eigenvalue weighted by Gasteiger charge is -2.02. The number of rotatable bonds is 7. The van der Waals surface area contributed by atoms with Gasteiger partial charge in [-0.25, -0.2) is 21.6 Å². The number of hydrogen-bond acceptors (Lipinski definition) is 7. The van der Waals surface area contributed by atoms with Crippen LogP contribution in [0.25, 0.3) is 0 Å². The van der Waals surface area contributed by atoms with Gasteiger partial charge in [-0.15, -0.1) is 5.10 Å². The minimum absolute atomic E-state index is 0.112. The number of benzene rings is 1. The van der Waals surface area contributed by atoms with E-state index in [9.17, 15) is 16.8 Å². The summed E-state index contributed by atoms with van der Waals surface area (Å²) in [6.45, 7) is 1.19. The van der Waals surface area contributed by atoms with Crippen molar-refractivity contribution in [2.45, 2.75) is 24.4 Å². The molecule has 0 aliphatic heterocycles. The molecule has 0 aliphatic rings. The largest absolute Gasteiger partial charge is 0.411 e. The molecule has 0 saturated heterocycles. The Morgan fingerprint density at radius 1 is 1.17 bits per heavy atom. The van der Waals surface area contributed by atoms with Crippen LogP contribution in [0.4, 0.5) is 0 Å². The van der Waals surface area contributed by atoms with Crippen molar-refractivity contribution in [3.63, 3.8) is 0 Å². The molecule has 0 aliphatic carbocycles. The molecule has 8 nitrogen and oxygen atoms in total. The summed E-state index contributed by atoms with van der Waals surface area (Å²) in [6, 6.07) is 6.50. The van der Waals surface area contributed by atoms with E-state index in [1.54, 1.807) is 24.3 Å². The van der Waals surface area contributed by atoms with E-state index in [0.29, 0.717) is 10.6 Å². The third-order valence-corrected chi connectivity index (χ3v) is 5.94. The number of halogens is 1. The van der Waals surface area contributed by atoms with Crippen molar-refractivity contribution in [1.29, 1.82) is 0 Å². The zero-order valence-corrected chi connectivity index (χ0v) is 14.4. The highest BCUT2D eigenvalue weighted by Gasteiger charge is 2.24. The molecule has 1 heterocycles. The van der Waals surface area contributed by atoms with Crippen molar-refractivity contribution in [3.05, 3.63) is 40.7 Å². The lowest BCUT2D eigenvalue weighted by molar-refractivity contribution is 0.393. The van der Waals surface area contributed by atoms with Gasteiger partial charge < -0.3 is 4.42 Å². The molecule has 0 atom stereocenters. The van der Waals surface area contributed by atoms with E-state index < -0.39 is 30.8 Å². The Labute approximate surface area is 138 Å². The van der Waals surface area contributed by atoms with Crippen LogP contribution in [-0.4, -0.2) is 32.8 Å². The van der Waals surface area contributed by atoms with Crippen LogP contribution in [-0.2, 0) is 32.2 Å². The lowest BCUT2D eigenvalue weighted by Crippen LogP contribution is -2.24. The van der Waals surface area contributed by atoms with Crippen LogP contribution >= 0.6 is 11.6 Å². The lowest BCUT2D eigenvalue weighted by atomic mass is 10.2. The predicted octanol–water partition coefficient (Wildman–Crippen LogP) is 1.14. The summed E-state index contributed by atoms with van der Waals surface area (Å²) < 4.78 is 54.3. The van der Waals surface area contributed by atoms with Gasteiger partial charge in [-0.2, -0.15) is 0 Å². The van der Waals surface area contributed by atoms with E-state index in [4.69, 9.17) is 16.0 Å². The second-order valence-electron chi connectivity index (χ2n) is 4.54. The van der Waals surface area contributed by atoms with Gasteiger partial charge in [0.2, 0.25) is 25.8 Å². The van der Waals surface area contributed by atoms with Gasteiger partial charge in [0.25, 0.3) is 0 Å². The SMILES string of the molecule is CCS(=O)(=O)NCc1nnc(S(=O)(=O)Cc2ccccc2Cl)o1. The Morgan fingerprint density at radius 3 is 2.52 bits per heavy atom. The van der Waals surface area contributed by atoms with Gasteiger partial charge in [0, 0.05) is 5.02 Å². The molecule has 2 rings (SSSR count). The first-order chi connectivity index (χ1) is 10.7. The summed E-state index contributed by atoms with van der Waals surface area (Å²) in [5.74, 6) is -0.645. The highest BCUT2D eigenvalue weighted by atomic mass is 35.5. The van der Waals surface area contributed by atoms with E-state index in [1.165, 1.54) is 6.92 Å². The first kappa shape index (κ1) is 17.9. The summed E-state index contributed by atoms with van der Waals surface area (Å²) in [5, 5.41) is 6.72. The van der Waals surface area contributed by atoms with Crippen molar-refractivity contribution < 1.29 is 21.3 Å². The Bertz CT molecular complexity index is 893. The van der Waals surface area contributed by atoms with Crippen molar-refractivity contribution >= 4 is 31.5 Å². The molecule has 1 aromatic heterocycles. The number of hydrogen-bond donors (Lipinski definition) is 1. The van der Waals surface area contributed by atoms with Gasteiger partial charge in [0.15, 0.2) is 0 Å². The van der Waals surface area contributed by atoms with E-state index in [2.05, 4.69) is 14.9 Å². The average molecular weight is 380 g/mol. The van der Waals surface area contributed by atoms with E-state index >= 15 is 0 Å². The summed E-state index contributed by atoms with van der Waals surface area (Å²) in [7, 11) is -7.32. The van der Waals surface area contributed by atoms with Gasteiger partial charge in [-0.3, -0.25) is 0 Å². The predicted molar refractivity (Wildman–Crippen MR) is 82.9 cm³/mol. The minimum atomic E-state index is -3.88. The Kier molecular flexibility index (Phi) is 5.40. The molecule has 0 saturated carbocycles. The van der Waals surface area contributed by atoms with E-state index in [-0.39, 0.29) is 18.2 Å². The van der Waals surface area contributed by atoms with Crippen molar-refractivity contribution in [1.82, 2.24) is 14.9 Å². The van der Waals surface area contributed by atoms with Crippen LogP contribution < -0.4 is 4.72 Å². The molecule has 1 N–H and O–H groups in total. The van der Waals surface area contributed by atoms with Gasteiger partial charge in [-0.05, 0) is 18.6 Å². The number of aromatic nitrogens is 2. The normalized spacial score (nSPS) is 12.4. The summed E-state index contributed by atoms with van der Waals surface area (Å²) in [6.07, 6.45) is 0. The maximum atomic E-state index is 12.2. The fourth-order valence-corrected chi connectivity index (χ4v) is 3.59. The van der Waals surface area contributed by atoms with Crippen LogP contribution in [0, 0.1) is 0 Å². The molecule has 11 heteroatoms. The molecule has 23 heavy (non-hydrogen) atoms. The molecule has 126 valence electrons. The molecule has 0 unspecified atom stereocenters. The van der Waals surface area contributed by atoms with Gasteiger partial charge in [0.1, 0.15) is 0 Å². The first-order valence-corrected chi connectivity index (χ1v) is 10.2. The Hall–Kier alpha value is -1.49. The minimum Gasteiger partial charge on any atom is -0.411 e.